The summed E-state index contributed by atoms with van der Waals surface area (Å²) >= 11 is 0. The van der Waals surface area contributed by atoms with E-state index in [9.17, 15) is 9.59 Å². The summed E-state index contributed by atoms with van der Waals surface area (Å²) in [7, 11) is 0. The number of benzene rings is 1. The number of aryl methyl sites for hydroxylation is 1. The van der Waals surface area contributed by atoms with Crippen molar-refractivity contribution in [2.45, 2.75) is 39.8 Å². The van der Waals surface area contributed by atoms with Gasteiger partial charge in [-0.25, -0.2) is 0 Å². The Balaban J connectivity index is 2.18. The fourth-order valence-electron chi connectivity index (χ4n) is 2.37. The minimum absolute atomic E-state index is 0.0879. The third kappa shape index (κ3) is 3.01. The molecule has 0 heterocycles. The van der Waals surface area contributed by atoms with Crippen LogP contribution in [0.25, 0.3) is 0 Å². The van der Waals surface area contributed by atoms with Crippen LogP contribution in [-0.4, -0.2) is 6.04 Å². The van der Waals surface area contributed by atoms with Gasteiger partial charge in [0.15, 0.2) is 0 Å². The van der Waals surface area contributed by atoms with Crippen LogP contribution in [0.4, 0.5) is 11.4 Å². The van der Waals surface area contributed by atoms with Gasteiger partial charge in [-0.1, -0.05) is 13.0 Å². The smallest absolute Gasteiger partial charge is 0.253 e. The quantitative estimate of drug-likeness (QED) is 0.798. The molecule has 5 heteroatoms. The second-order valence-corrected chi connectivity index (χ2v) is 5.51. The van der Waals surface area contributed by atoms with E-state index < -0.39 is 10.9 Å². The largest absolute Gasteiger partial charge is 0.378 e. The van der Waals surface area contributed by atoms with Gasteiger partial charge in [-0.15, -0.1) is 0 Å². The maximum Gasteiger partial charge on any atom is 0.253 e. The lowest BCUT2D eigenvalue weighted by Gasteiger charge is -2.17. The summed E-state index contributed by atoms with van der Waals surface area (Å²) in [6.07, 6.45) is 0.801. The number of nitrogens with zero attached hydrogens (tertiary/aromatic N) is 1. The van der Waals surface area contributed by atoms with Crippen molar-refractivity contribution in [3.63, 3.8) is 0 Å². The molecule has 0 aromatic heterocycles. The second kappa shape index (κ2) is 6.44. The van der Waals surface area contributed by atoms with Gasteiger partial charge in [0.1, 0.15) is 11.4 Å². The fraction of sp³-hybridized carbons (Fsp3) is 0.353. The SMILES string of the molecule is CCc1cc(C#N)ccc1CNc1c(NC(C)C)c(=O)c1=O. The number of nitrogens with one attached hydrogen (secondary N) is 2. The van der Waals surface area contributed by atoms with E-state index in [2.05, 4.69) is 16.7 Å². The van der Waals surface area contributed by atoms with Gasteiger partial charge >= 0.3 is 0 Å². The first kappa shape index (κ1) is 15.8. The van der Waals surface area contributed by atoms with E-state index in [4.69, 9.17) is 5.26 Å². The molecule has 0 aliphatic carbocycles. The van der Waals surface area contributed by atoms with Crippen molar-refractivity contribution in [2.75, 3.05) is 10.6 Å². The van der Waals surface area contributed by atoms with Crippen LogP contribution in [0.1, 0.15) is 37.5 Å². The predicted octanol–water partition coefficient (Wildman–Crippen LogP) is 2.15. The van der Waals surface area contributed by atoms with Gasteiger partial charge in [0, 0.05) is 12.6 Å². The summed E-state index contributed by atoms with van der Waals surface area (Å²) in [5.74, 6) is 0. The van der Waals surface area contributed by atoms with Gasteiger partial charge in [-0.2, -0.15) is 5.26 Å². The zero-order valence-electron chi connectivity index (χ0n) is 13.0. The minimum Gasteiger partial charge on any atom is -0.378 e. The Morgan fingerprint density at radius 1 is 1.14 bits per heavy atom. The Morgan fingerprint density at radius 2 is 1.82 bits per heavy atom. The van der Waals surface area contributed by atoms with Crippen LogP contribution >= 0.6 is 0 Å². The molecule has 0 saturated carbocycles. The van der Waals surface area contributed by atoms with Crippen LogP contribution in [0, 0.1) is 11.3 Å². The lowest BCUT2D eigenvalue weighted by Crippen LogP contribution is -2.38. The number of hydrogen-bond acceptors (Lipinski definition) is 5. The molecular weight excluding hydrogens is 278 g/mol. The van der Waals surface area contributed by atoms with Gasteiger partial charge in [-0.3, -0.25) is 9.59 Å². The maximum atomic E-state index is 11.7. The van der Waals surface area contributed by atoms with Gasteiger partial charge in [0.25, 0.3) is 10.9 Å². The Hall–Kier alpha value is -2.61. The molecule has 0 saturated heterocycles. The third-order valence-corrected chi connectivity index (χ3v) is 3.52. The standard InChI is InChI=1S/C17H19N3O2/c1-4-12-7-11(8-18)5-6-13(12)9-19-14-15(20-10(2)3)17(22)16(14)21/h5-7,10,19-20H,4,9H2,1-3H3. The molecule has 0 spiro atoms. The summed E-state index contributed by atoms with van der Waals surface area (Å²) in [6.45, 7) is 6.29. The number of nitriles is 1. The second-order valence-electron chi connectivity index (χ2n) is 5.51. The molecule has 2 aromatic rings. The molecule has 0 fully saturated rings. The van der Waals surface area contributed by atoms with Crippen molar-refractivity contribution in [3.8, 4) is 6.07 Å². The lowest BCUT2D eigenvalue weighted by atomic mass is 10.0. The average molecular weight is 297 g/mol. The first-order valence-corrected chi connectivity index (χ1v) is 7.33. The molecule has 0 aliphatic rings. The highest BCUT2D eigenvalue weighted by Gasteiger charge is 2.21. The Kier molecular flexibility index (Phi) is 4.62. The van der Waals surface area contributed by atoms with Crippen molar-refractivity contribution < 1.29 is 0 Å². The molecular formula is C17H19N3O2. The average Bonchev–Trinajstić information content (AvgIpc) is 2.53. The first-order chi connectivity index (χ1) is 10.5. The van der Waals surface area contributed by atoms with Crippen LogP contribution in [0.3, 0.4) is 0 Å². The normalized spacial score (nSPS) is 10.7. The Morgan fingerprint density at radius 3 is 2.41 bits per heavy atom. The summed E-state index contributed by atoms with van der Waals surface area (Å²) in [5.41, 5.74) is 2.48. The molecule has 0 atom stereocenters. The molecule has 0 radical (unpaired) electrons. The van der Waals surface area contributed by atoms with E-state index in [1.54, 1.807) is 6.07 Å². The first-order valence-electron chi connectivity index (χ1n) is 7.33. The van der Waals surface area contributed by atoms with Crippen LogP contribution in [0.5, 0.6) is 0 Å². The summed E-state index contributed by atoms with van der Waals surface area (Å²) in [5, 5.41) is 15.0. The molecule has 114 valence electrons. The van der Waals surface area contributed by atoms with E-state index in [-0.39, 0.29) is 6.04 Å². The third-order valence-electron chi connectivity index (χ3n) is 3.52. The molecule has 2 N–H and O–H groups in total. The Labute approximate surface area is 129 Å². The molecule has 2 aromatic carbocycles. The van der Waals surface area contributed by atoms with Crippen molar-refractivity contribution in [1.82, 2.24) is 0 Å². The lowest BCUT2D eigenvalue weighted by molar-refractivity contribution is 0.892. The van der Waals surface area contributed by atoms with Crippen LogP contribution in [-0.2, 0) is 13.0 Å². The molecule has 2 rings (SSSR count). The molecule has 0 aliphatic heterocycles. The minimum atomic E-state index is -0.477. The molecule has 0 bridgehead atoms. The topological polar surface area (TPSA) is 82.0 Å². The summed E-state index contributed by atoms with van der Waals surface area (Å²) in [4.78, 5) is 23.3. The van der Waals surface area contributed by atoms with Crippen molar-refractivity contribution in [2.24, 2.45) is 0 Å². The van der Waals surface area contributed by atoms with Gasteiger partial charge in [0.05, 0.1) is 11.6 Å². The van der Waals surface area contributed by atoms with Crippen LogP contribution in [0.2, 0.25) is 0 Å². The van der Waals surface area contributed by atoms with Gasteiger partial charge in [0.2, 0.25) is 0 Å². The molecule has 0 unspecified atom stereocenters. The molecule has 5 nitrogen and oxygen atoms in total. The van der Waals surface area contributed by atoms with E-state index in [1.807, 2.05) is 32.9 Å². The zero-order valence-corrected chi connectivity index (χ0v) is 13.0. The van der Waals surface area contributed by atoms with E-state index >= 15 is 0 Å². The predicted molar refractivity (Wildman–Crippen MR) is 88.0 cm³/mol. The Bertz CT molecular complexity index is 793. The monoisotopic (exact) mass is 297 g/mol. The van der Waals surface area contributed by atoms with Crippen LogP contribution < -0.4 is 21.5 Å². The summed E-state index contributed by atoms with van der Waals surface area (Å²) < 4.78 is 0. The van der Waals surface area contributed by atoms with Crippen molar-refractivity contribution >= 4 is 11.4 Å². The van der Waals surface area contributed by atoms with Crippen molar-refractivity contribution in [1.29, 1.82) is 5.26 Å². The van der Waals surface area contributed by atoms with E-state index in [0.717, 1.165) is 17.5 Å². The van der Waals surface area contributed by atoms with E-state index in [1.165, 1.54) is 0 Å². The van der Waals surface area contributed by atoms with Crippen LogP contribution in [0.15, 0.2) is 27.8 Å². The summed E-state index contributed by atoms with van der Waals surface area (Å²) in [6, 6.07) is 7.70. The highest BCUT2D eigenvalue weighted by atomic mass is 16.2. The number of hydrogen-bond donors (Lipinski definition) is 2. The van der Waals surface area contributed by atoms with Gasteiger partial charge < -0.3 is 10.6 Å². The molecule has 0 amide bonds. The zero-order chi connectivity index (χ0) is 16.3. The molecule has 22 heavy (non-hydrogen) atoms. The van der Waals surface area contributed by atoms with Crippen molar-refractivity contribution in [3.05, 3.63) is 55.3 Å². The fourth-order valence-corrected chi connectivity index (χ4v) is 2.37. The number of rotatable bonds is 6. The maximum absolute atomic E-state index is 11.7. The highest BCUT2D eigenvalue weighted by Crippen LogP contribution is 2.19. The number of anilines is 2. The highest BCUT2D eigenvalue weighted by molar-refractivity contribution is 5.74. The van der Waals surface area contributed by atoms with E-state index in [0.29, 0.717) is 23.5 Å². The van der Waals surface area contributed by atoms with Gasteiger partial charge in [-0.05, 0) is 43.5 Å².